The van der Waals surface area contributed by atoms with E-state index in [1.54, 1.807) is 17.5 Å². The predicted molar refractivity (Wildman–Crippen MR) is 85.1 cm³/mol. The second-order valence-corrected chi connectivity index (χ2v) is 5.67. The van der Waals surface area contributed by atoms with Crippen molar-refractivity contribution in [2.24, 2.45) is 7.05 Å². The molecule has 0 aromatic carbocycles. The van der Waals surface area contributed by atoms with Crippen LogP contribution in [0.2, 0.25) is 0 Å². The number of pyridine rings is 2. The molecular weight excluding hydrogens is 280 g/mol. The zero-order valence-corrected chi connectivity index (χ0v) is 12.2. The van der Waals surface area contributed by atoms with Crippen molar-refractivity contribution in [1.29, 1.82) is 0 Å². The lowest BCUT2D eigenvalue weighted by Gasteiger charge is -1.94. The van der Waals surface area contributed by atoms with Crippen LogP contribution in [-0.4, -0.2) is 19.5 Å². The highest BCUT2D eigenvalue weighted by molar-refractivity contribution is 7.13. The molecule has 4 nitrogen and oxygen atoms in total. The average molecular weight is 292 g/mol. The van der Waals surface area contributed by atoms with E-state index < -0.39 is 0 Å². The van der Waals surface area contributed by atoms with E-state index in [4.69, 9.17) is 4.98 Å². The van der Waals surface area contributed by atoms with Crippen molar-refractivity contribution in [3.8, 4) is 21.8 Å². The van der Waals surface area contributed by atoms with Gasteiger partial charge in [0.1, 0.15) is 10.7 Å². The van der Waals surface area contributed by atoms with Gasteiger partial charge in [0, 0.05) is 53.7 Å². The summed E-state index contributed by atoms with van der Waals surface area (Å²) in [6, 6.07) is 8.00. The molecule has 0 saturated heterocycles. The van der Waals surface area contributed by atoms with Gasteiger partial charge in [-0.25, -0.2) is 9.97 Å². The second-order valence-electron chi connectivity index (χ2n) is 4.81. The Balaban J connectivity index is 1.85. The molecule has 102 valence electrons. The standard InChI is InChI=1S/C16H12N4S/c1-20-9-13(12-5-3-7-18-15(12)20)16-19-14(10-21-16)11-4-2-6-17-8-11/h2-10H,1H3. The summed E-state index contributed by atoms with van der Waals surface area (Å²) < 4.78 is 2.04. The van der Waals surface area contributed by atoms with Crippen LogP contribution in [0.5, 0.6) is 0 Å². The predicted octanol–water partition coefficient (Wildman–Crippen LogP) is 3.76. The zero-order chi connectivity index (χ0) is 14.2. The molecule has 0 aliphatic rings. The maximum atomic E-state index is 4.75. The third-order valence-electron chi connectivity index (χ3n) is 3.43. The lowest BCUT2D eigenvalue weighted by atomic mass is 10.2. The van der Waals surface area contributed by atoms with Gasteiger partial charge in [-0.1, -0.05) is 0 Å². The number of fused-ring (bicyclic) bond motifs is 1. The molecule has 0 amide bonds. The van der Waals surface area contributed by atoms with Gasteiger partial charge in [-0.15, -0.1) is 11.3 Å². The van der Waals surface area contributed by atoms with Gasteiger partial charge in [-0.2, -0.15) is 0 Å². The van der Waals surface area contributed by atoms with E-state index in [2.05, 4.69) is 27.6 Å². The molecule has 5 heteroatoms. The Morgan fingerprint density at radius 1 is 1.14 bits per heavy atom. The molecule has 0 spiro atoms. The van der Waals surface area contributed by atoms with Gasteiger partial charge in [0.05, 0.1) is 5.69 Å². The summed E-state index contributed by atoms with van der Waals surface area (Å²) in [5, 5.41) is 4.21. The summed E-state index contributed by atoms with van der Waals surface area (Å²) in [6.07, 6.45) is 7.51. The van der Waals surface area contributed by atoms with E-state index >= 15 is 0 Å². The lowest BCUT2D eigenvalue weighted by molar-refractivity contribution is 0.949. The smallest absolute Gasteiger partial charge is 0.140 e. The van der Waals surface area contributed by atoms with Gasteiger partial charge < -0.3 is 4.57 Å². The first-order valence-corrected chi connectivity index (χ1v) is 7.47. The van der Waals surface area contributed by atoms with Gasteiger partial charge in [-0.3, -0.25) is 4.98 Å². The minimum atomic E-state index is 0.962. The Morgan fingerprint density at radius 2 is 2.05 bits per heavy atom. The highest BCUT2D eigenvalue weighted by Crippen LogP contribution is 2.33. The van der Waals surface area contributed by atoms with Gasteiger partial charge in [0.2, 0.25) is 0 Å². The fourth-order valence-corrected chi connectivity index (χ4v) is 3.28. The topological polar surface area (TPSA) is 43.6 Å². The number of rotatable bonds is 2. The quantitative estimate of drug-likeness (QED) is 0.565. The van der Waals surface area contributed by atoms with Crippen LogP contribution in [0, 0.1) is 0 Å². The van der Waals surface area contributed by atoms with E-state index in [-0.39, 0.29) is 0 Å². The van der Waals surface area contributed by atoms with Crippen LogP contribution in [-0.2, 0) is 7.05 Å². The Labute approximate surface area is 125 Å². The molecule has 0 unspecified atom stereocenters. The number of nitrogens with zero attached hydrogens (tertiary/aromatic N) is 4. The minimum Gasteiger partial charge on any atom is -0.335 e. The molecule has 0 saturated carbocycles. The molecule has 4 aromatic heterocycles. The van der Waals surface area contributed by atoms with E-state index in [1.807, 2.05) is 42.2 Å². The van der Waals surface area contributed by atoms with Crippen molar-refractivity contribution < 1.29 is 0 Å². The summed E-state index contributed by atoms with van der Waals surface area (Å²) in [6.45, 7) is 0. The maximum Gasteiger partial charge on any atom is 0.140 e. The molecule has 0 atom stereocenters. The van der Waals surface area contributed by atoms with Crippen molar-refractivity contribution in [3.63, 3.8) is 0 Å². The summed E-state index contributed by atoms with van der Waals surface area (Å²) in [4.78, 5) is 13.3. The number of thiazole rings is 1. The first kappa shape index (κ1) is 12.2. The maximum absolute atomic E-state index is 4.75. The van der Waals surface area contributed by atoms with Crippen molar-refractivity contribution in [3.05, 3.63) is 54.4 Å². The van der Waals surface area contributed by atoms with Crippen molar-refractivity contribution in [1.82, 2.24) is 19.5 Å². The van der Waals surface area contributed by atoms with Crippen molar-refractivity contribution in [2.75, 3.05) is 0 Å². The van der Waals surface area contributed by atoms with Crippen LogP contribution in [0.4, 0.5) is 0 Å². The molecule has 0 aliphatic carbocycles. The number of aromatic nitrogens is 4. The molecule has 0 fully saturated rings. The highest BCUT2D eigenvalue weighted by Gasteiger charge is 2.13. The summed E-state index contributed by atoms with van der Waals surface area (Å²) in [5.74, 6) is 0. The van der Waals surface area contributed by atoms with Gasteiger partial charge >= 0.3 is 0 Å². The molecule has 0 N–H and O–H groups in total. The Bertz CT molecular complexity index is 908. The summed E-state index contributed by atoms with van der Waals surface area (Å²) in [7, 11) is 2.01. The van der Waals surface area contributed by atoms with Crippen LogP contribution in [0.1, 0.15) is 0 Å². The van der Waals surface area contributed by atoms with Crippen LogP contribution in [0.3, 0.4) is 0 Å². The fourth-order valence-electron chi connectivity index (χ4n) is 2.43. The highest BCUT2D eigenvalue weighted by atomic mass is 32.1. The second kappa shape index (κ2) is 4.79. The molecule has 4 rings (SSSR count). The molecule has 4 heterocycles. The lowest BCUT2D eigenvalue weighted by Crippen LogP contribution is -1.85. The van der Waals surface area contributed by atoms with Crippen molar-refractivity contribution >= 4 is 22.4 Å². The van der Waals surface area contributed by atoms with Gasteiger partial charge in [0.15, 0.2) is 0 Å². The number of aryl methyl sites for hydroxylation is 1. The average Bonchev–Trinajstić information content (AvgIpc) is 3.14. The van der Waals surface area contributed by atoms with E-state index in [0.717, 1.165) is 32.9 Å². The van der Waals surface area contributed by atoms with Crippen LogP contribution < -0.4 is 0 Å². The van der Waals surface area contributed by atoms with Crippen molar-refractivity contribution in [2.45, 2.75) is 0 Å². The Kier molecular flexibility index (Phi) is 2.79. The summed E-state index contributed by atoms with van der Waals surface area (Å²) >= 11 is 1.65. The molecular formula is C16H12N4S. The largest absolute Gasteiger partial charge is 0.335 e. The Hall–Kier alpha value is -2.53. The third kappa shape index (κ3) is 2.02. The molecule has 0 radical (unpaired) electrons. The Morgan fingerprint density at radius 3 is 2.90 bits per heavy atom. The fraction of sp³-hybridized carbons (Fsp3) is 0.0625. The van der Waals surface area contributed by atoms with Crippen LogP contribution >= 0.6 is 11.3 Å². The molecule has 0 aliphatic heterocycles. The minimum absolute atomic E-state index is 0.962. The first-order chi connectivity index (χ1) is 10.3. The van der Waals surface area contributed by atoms with E-state index in [1.165, 1.54) is 0 Å². The summed E-state index contributed by atoms with van der Waals surface area (Å²) in [5.41, 5.74) is 4.11. The zero-order valence-electron chi connectivity index (χ0n) is 11.4. The normalized spacial score (nSPS) is 11.1. The van der Waals surface area contributed by atoms with Gasteiger partial charge in [0.25, 0.3) is 0 Å². The van der Waals surface area contributed by atoms with Crippen LogP contribution in [0.15, 0.2) is 54.4 Å². The van der Waals surface area contributed by atoms with Crippen LogP contribution in [0.25, 0.3) is 32.9 Å². The molecule has 21 heavy (non-hydrogen) atoms. The monoisotopic (exact) mass is 292 g/mol. The number of hydrogen-bond donors (Lipinski definition) is 0. The molecule has 4 aromatic rings. The van der Waals surface area contributed by atoms with E-state index in [0.29, 0.717) is 0 Å². The van der Waals surface area contributed by atoms with E-state index in [9.17, 15) is 0 Å². The third-order valence-corrected chi connectivity index (χ3v) is 4.30. The van der Waals surface area contributed by atoms with Gasteiger partial charge in [-0.05, 0) is 24.3 Å². The first-order valence-electron chi connectivity index (χ1n) is 6.59. The molecule has 0 bridgehead atoms. The number of hydrogen-bond acceptors (Lipinski definition) is 4. The SMILES string of the molecule is Cn1cc(-c2nc(-c3cccnc3)cs2)c2cccnc21.